The summed E-state index contributed by atoms with van der Waals surface area (Å²) in [6, 6.07) is -0.0789. The molecule has 0 atom stereocenters. The van der Waals surface area contributed by atoms with Gasteiger partial charge in [0, 0.05) is 30.7 Å². The molecule has 0 saturated carbocycles. The van der Waals surface area contributed by atoms with Crippen LogP contribution in [-0.2, 0) is 4.74 Å². The minimum Gasteiger partial charge on any atom is -0.444 e. The number of benzene rings is 1. The zero-order valence-electron chi connectivity index (χ0n) is 15.3. The highest BCUT2D eigenvalue weighted by Crippen LogP contribution is 2.29. The van der Waals surface area contributed by atoms with Crippen molar-refractivity contribution in [3.05, 3.63) is 27.6 Å². The molecule has 0 unspecified atom stereocenters. The Morgan fingerprint density at radius 1 is 1.33 bits per heavy atom. The molecule has 1 heterocycles. The van der Waals surface area contributed by atoms with Crippen molar-refractivity contribution in [2.24, 2.45) is 0 Å². The molecule has 4 nitrogen and oxygen atoms in total. The molecule has 0 aromatic heterocycles. The molecule has 1 aromatic rings. The first-order chi connectivity index (χ1) is 11.0. The molecule has 0 aliphatic carbocycles. The first-order valence-corrected chi connectivity index (χ1v) is 7.87. The van der Waals surface area contributed by atoms with Crippen molar-refractivity contribution in [2.75, 3.05) is 31.1 Å². The van der Waals surface area contributed by atoms with Gasteiger partial charge >= 0.3 is 6.09 Å². The number of anilines is 1. The molecule has 1 saturated heterocycles. The molecular formula is C15H20BrClN2O2. The lowest BCUT2D eigenvalue weighted by Gasteiger charge is -2.37. The van der Waals surface area contributed by atoms with Gasteiger partial charge in [0.05, 0.1) is 14.8 Å². The van der Waals surface area contributed by atoms with Gasteiger partial charge in [0.15, 0.2) is 0 Å². The Morgan fingerprint density at radius 3 is 2.52 bits per heavy atom. The number of piperazine rings is 1. The molecule has 116 valence electrons. The first-order valence-electron chi connectivity index (χ1n) is 8.20. The largest absolute Gasteiger partial charge is 0.444 e. The molecule has 2 rings (SSSR count). The van der Waals surface area contributed by atoms with Crippen molar-refractivity contribution in [2.45, 2.75) is 26.4 Å². The summed E-state index contributed by atoms with van der Waals surface area (Å²) in [4.78, 5) is 15.6. The Morgan fingerprint density at radius 2 is 1.95 bits per heavy atom. The summed E-state index contributed by atoms with van der Waals surface area (Å²) >= 11 is 9.36. The molecule has 0 radical (unpaired) electrons. The maximum Gasteiger partial charge on any atom is 0.410 e. The Bertz CT molecular complexity index is 630. The van der Waals surface area contributed by atoms with Crippen LogP contribution in [0.15, 0.2) is 22.6 Å². The minimum atomic E-state index is -0.544. The minimum absolute atomic E-state index is 0.00207. The zero-order chi connectivity index (χ0) is 18.2. The van der Waals surface area contributed by atoms with Crippen LogP contribution in [0.3, 0.4) is 0 Å². The maximum atomic E-state index is 12.1. The molecule has 0 N–H and O–H groups in total. The van der Waals surface area contributed by atoms with Gasteiger partial charge < -0.3 is 14.5 Å². The molecule has 0 spiro atoms. The lowest BCUT2D eigenvalue weighted by atomic mass is 10.2. The van der Waals surface area contributed by atoms with E-state index in [9.17, 15) is 4.79 Å². The number of hydrogen-bond donors (Lipinski definition) is 0. The predicted molar refractivity (Wildman–Crippen MR) is 89.2 cm³/mol. The van der Waals surface area contributed by atoms with Crippen LogP contribution in [0.5, 0.6) is 0 Å². The van der Waals surface area contributed by atoms with Crippen LogP contribution in [0.2, 0.25) is 5.02 Å². The summed E-state index contributed by atoms with van der Waals surface area (Å²) in [6.45, 7) is 7.25. The Kier molecular flexibility index (Phi) is 3.86. The van der Waals surface area contributed by atoms with Gasteiger partial charge in [-0.05, 0) is 38.9 Å². The highest BCUT2D eigenvalue weighted by Gasteiger charge is 2.26. The zero-order valence-corrected chi connectivity index (χ0v) is 14.6. The van der Waals surface area contributed by atoms with Gasteiger partial charge in [-0.2, -0.15) is 0 Å². The molecular weight excluding hydrogens is 356 g/mol. The van der Waals surface area contributed by atoms with Gasteiger partial charge in [-0.25, -0.2) is 4.79 Å². The summed E-state index contributed by atoms with van der Waals surface area (Å²) in [5.74, 6) is 0. The average Bonchev–Trinajstić information content (AvgIpc) is 2.50. The van der Waals surface area contributed by atoms with Crippen molar-refractivity contribution < 1.29 is 13.6 Å². The highest BCUT2D eigenvalue weighted by atomic mass is 79.9. The highest BCUT2D eigenvalue weighted by molar-refractivity contribution is 9.10. The van der Waals surface area contributed by atoms with E-state index in [1.54, 1.807) is 4.90 Å². The number of carbonyl (C=O) groups is 1. The fraction of sp³-hybridized carbons (Fsp3) is 0.533. The van der Waals surface area contributed by atoms with Crippen LogP contribution in [0.4, 0.5) is 10.5 Å². The van der Waals surface area contributed by atoms with Gasteiger partial charge in [0.2, 0.25) is 0 Å². The fourth-order valence-corrected chi connectivity index (χ4v) is 2.69. The van der Waals surface area contributed by atoms with Crippen LogP contribution in [0.25, 0.3) is 0 Å². The van der Waals surface area contributed by atoms with Crippen LogP contribution in [0, 0.1) is 0 Å². The van der Waals surface area contributed by atoms with Crippen molar-refractivity contribution in [3.63, 3.8) is 0 Å². The number of amides is 1. The van der Waals surface area contributed by atoms with Gasteiger partial charge in [0.25, 0.3) is 0 Å². The average molecular weight is 379 g/mol. The lowest BCUT2D eigenvalue weighted by Crippen LogP contribution is -2.50. The van der Waals surface area contributed by atoms with Crippen molar-refractivity contribution >= 4 is 39.3 Å². The third-order valence-corrected chi connectivity index (χ3v) is 3.64. The van der Waals surface area contributed by atoms with E-state index >= 15 is 0 Å². The third kappa shape index (κ3) is 4.51. The van der Waals surface area contributed by atoms with Crippen LogP contribution < -0.4 is 4.90 Å². The molecule has 21 heavy (non-hydrogen) atoms. The van der Waals surface area contributed by atoms with E-state index < -0.39 is 5.60 Å². The molecule has 1 amide bonds. The lowest BCUT2D eigenvalue weighted by molar-refractivity contribution is 0.0240. The Labute approximate surface area is 143 Å². The van der Waals surface area contributed by atoms with Crippen molar-refractivity contribution in [3.8, 4) is 0 Å². The summed E-state index contributed by atoms with van der Waals surface area (Å²) in [7, 11) is 0. The van der Waals surface area contributed by atoms with Gasteiger partial charge in [-0.1, -0.05) is 27.5 Å². The van der Waals surface area contributed by atoms with Crippen molar-refractivity contribution in [1.82, 2.24) is 4.90 Å². The van der Waals surface area contributed by atoms with E-state index in [4.69, 9.17) is 20.5 Å². The number of carbonyl (C=O) groups excluding carboxylic acids is 1. The Hall–Kier alpha value is -0.940. The fourth-order valence-electron chi connectivity index (χ4n) is 2.01. The van der Waals surface area contributed by atoms with Crippen molar-refractivity contribution in [1.29, 1.82) is 0 Å². The van der Waals surface area contributed by atoms with Crippen LogP contribution in [0.1, 0.15) is 24.9 Å². The monoisotopic (exact) mass is 377 g/mol. The normalized spacial score (nSPS) is 18.0. The second-order valence-electron chi connectivity index (χ2n) is 5.81. The summed E-state index contributed by atoms with van der Waals surface area (Å²) in [5.41, 5.74) is -0.170. The molecule has 1 fully saturated rings. The van der Waals surface area contributed by atoms with Gasteiger partial charge in [0.1, 0.15) is 5.60 Å². The standard InChI is InChI=1S/C15H20BrClN2O2/c1-15(2,3)21-14(20)19-8-6-18(7-9-19)13-5-4-11(16)10-12(13)17/h4-5,10H,6-9H2,1-3H3/i4D,5D,10D. The van der Waals surface area contributed by atoms with Gasteiger partial charge in [-0.3, -0.25) is 0 Å². The number of rotatable bonds is 1. The third-order valence-electron chi connectivity index (χ3n) is 2.97. The molecule has 1 aromatic carbocycles. The summed E-state index contributed by atoms with van der Waals surface area (Å²) in [5, 5.41) is 0.147. The molecule has 1 aliphatic heterocycles. The smallest absolute Gasteiger partial charge is 0.410 e. The SMILES string of the molecule is [2H]c1c([2H])c(N2CCN(C(=O)OC(C)(C)C)CC2)c(Cl)c([2H])c1Br. The topological polar surface area (TPSA) is 32.8 Å². The Balaban J connectivity index is 2.15. The first kappa shape index (κ1) is 12.6. The van der Waals surface area contributed by atoms with E-state index in [1.807, 2.05) is 25.7 Å². The second-order valence-corrected chi connectivity index (χ2v) is 6.98. The quantitative estimate of drug-likeness (QED) is 0.735. The molecule has 6 heteroatoms. The van der Waals surface area contributed by atoms with Gasteiger partial charge in [-0.15, -0.1) is 0 Å². The predicted octanol–water partition coefficient (Wildman–Crippen LogP) is 4.16. The second kappa shape index (κ2) is 6.44. The number of halogens is 2. The maximum absolute atomic E-state index is 12.1. The van der Waals surface area contributed by atoms with E-state index in [1.165, 1.54) is 0 Å². The van der Waals surface area contributed by atoms with Crippen LogP contribution >= 0.6 is 27.5 Å². The molecule has 0 bridgehead atoms. The van der Waals surface area contributed by atoms with E-state index in [2.05, 4.69) is 15.9 Å². The van der Waals surface area contributed by atoms with E-state index in [0.717, 1.165) is 0 Å². The number of nitrogens with zero attached hydrogens (tertiary/aromatic N) is 2. The van der Waals surface area contributed by atoms with E-state index in [0.29, 0.717) is 31.9 Å². The number of ether oxygens (including phenoxy) is 1. The number of hydrogen-bond acceptors (Lipinski definition) is 3. The summed E-state index contributed by atoms with van der Waals surface area (Å²) < 4.78 is 29.6. The molecule has 1 aliphatic rings. The van der Waals surface area contributed by atoms with E-state index in [-0.39, 0.29) is 33.7 Å². The summed E-state index contributed by atoms with van der Waals surface area (Å²) in [6.07, 6.45) is -0.363. The van der Waals surface area contributed by atoms with Crippen LogP contribution in [-0.4, -0.2) is 42.8 Å².